The van der Waals surface area contributed by atoms with Gasteiger partial charge in [0, 0.05) is 25.6 Å². The van der Waals surface area contributed by atoms with Crippen molar-refractivity contribution < 1.29 is 14.5 Å². The minimum Gasteiger partial charge on any atom is -0.493 e. The summed E-state index contributed by atoms with van der Waals surface area (Å²) in [6.07, 6.45) is 2.31. The van der Waals surface area contributed by atoms with Gasteiger partial charge in [-0.1, -0.05) is 6.07 Å². The Kier molecular flexibility index (Phi) is 4.33. The summed E-state index contributed by atoms with van der Waals surface area (Å²) in [6.45, 7) is 1.97. The molecule has 1 saturated heterocycles. The summed E-state index contributed by atoms with van der Waals surface area (Å²) in [7, 11) is 0. The molecule has 19 heavy (non-hydrogen) atoms. The Morgan fingerprint density at radius 1 is 1.42 bits per heavy atom. The third-order valence-corrected chi connectivity index (χ3v) is 3.04. The Morgan fingerprint density at radius 3 is 2.95 bits per heavy atom. The normalized spacial score (nSPS) is 14.7. The summed E-state index contributed by atoms with van der Waals surface area (Å²) in [5, 5.41) is 10.6. The summed E-state index contributed by atoms with van der Waals surface area (Å²) in [6, 6.07) is 6.11. The van der Waals surface area contributed by atoms with Crippen LogP contribution in [0.5, 0.6) is 5.75 Å². The second-order valence-electron chi connectivity index (χ2n) is 4.44. The lowest BCUT2D eigenvalue weighted by atomic mass is 10.3. The van der Waals surface area contributed by atoms with Crippen LogP contribution in [0.15, 0.2) is 24.3 Å². The molecule has 6 nitrogen and oxygen atoms in total. The highest BCUT2D eigenvalue weighted by molar-refractivity contribution is 5.77. The van der Waals surface area contributed by atoms with Crippen molar-refractivity contribution >= 4 is 11.6 Å². The molecular weight excluding hydrogens is 248 g/mol. The molecule has 0 atom stereocenters. The van der Waals surface area contributed by atoms with Gasteiger partial charge in [-0.25, -0.2) is 0 Å². The molecule has 1 aromatic rings. The van der Waals surface area contributed by atoms with Crippen LogP contribution in [-0.4, -0.2) is 35.4 Å². The third kappa shape index (κ3) is 3.67. The SMILES string of the molecule is O=C1CCCN1CCCOc1cccc([N+](=O)[O-])c1. The molecule has 0 radical (unpaired) electrons. The molecule has 1 amide bonds. The summed E-state index contributed by atoms with van der Waals surface area (Å²) < 4.78 is 5.45. The minimum atomic E-state index is -0.449. The van der Waals surface area contributed by atoms with Gasteiger partial charge in [-0.05, 0) is 18.9 Å². The van der Waals surface area contributed by atoms with Gasteiger partial charge in [-0.3, -0.25) is 14.9 Å². The quantitative estimate of drug-likeness (QED) is 0.447. The molecule has 0 saturated carbocycles. The monoisotopic (exact) mass is 264 g/mol. The van der Waals surface area contributed by atoms with E-state index in [1.165, 1.54) is 12.1 Å². The zero-order valence-electron chi connectivity index (χ0n) is 10.6. The van der Waals surface area contributed by atoms with Gasteiger partial charge in [0.05, 0.1) is 17.6 Å². The van der Waals surface area contributed by atoms with E-state index in [4.69, 9.17) is 4.74 Å². The second kappa shape index (κ2) is 6.17. The number of nitro benzene ring substituents is 1. The fraction of sp³-hybridized carbons (Fsp3) is 0.462. The average molecular weight is 264 g/mol. The van der Waals surface area contributed by atoms with Crippen molar-refractivity contribution in [2.45, 2.75) is 19.3 Å². The molecule has 6 heteroatoms. The van der Waals surface area contributed by atoms with Gasteiger partial charge in [0.1, 0.15) is 5.75 Å². The van der Waals surface area contributed by atoms with Crippen molar-refractivity contribution in [2.75, 3.05) is 19.7 Å². The molecule has 1 fully saturated rings. The van der Waals surface area contributed by atoms with Crippen LogP contribution in [0.3, 0.4) is 0 Å². The lowest BCUT2D eigenvalue weighted by Gasteiger charge is -2.15. The molecule has 0 aromatic heterocycles. The lowest BCUT2D eigenvalue weighted by molar-refractivity contribution is -0.384. The Balaban J connectivity index is 1.75. The summed E-state index contributed by atoms with van der Waals surface area (Å²) in [5.41, 5.74) is 0.0206. The van der Waals surface area contributed by atoms with Crippen LogP contribution in [0.1, 0.15) is 19.3 Å². The van der Waals surface area contributed by atoms with E-state index in [-0.39, 0.29) is 11.6 Å². The number of nitrogens with zero attached hydrogens (tertiary/aromatic N) is 2. The van der Waals surface area contributed by atoms with Gasteiger partial charge in [0.25, 0.3) is 5.69 Å². The number of non-ortho nitro benzene ring substituents is 1. The number of rotatable bonds is 6. The van der Waals surface area contributed by atoms with E-state index in [1.54, 1.807) is 12.1 Å². The number of nitro groups is 1. The first-order valence-electron chi connectivity index (χ1n) is 6.32. The molecular formula is C13H16N2O4. The van der Waals surface area contributed by atoms with E-state index in [1.807, 2.05) is 4.90 Å². The summed E-state index contributed by atoms with van der Waals surface area (Å²) in [5.74, 6) is 0.692. The number of benzene rings is 1. The predicted molar refractivity (Wildman–Crippen MR) is 69.0 cm³/mol. The summed E-state index contributed by atoms with van der Waals surface area (Å²) in [4.78, 5) is 23.3. The third-order valence-electron chi connectivity index (χ3n) is 3.04. The van der Waals surface area contributed by atoms with Gasteiger partial charge in [-0.15, -0.1) is 0 Å². The maximum absolute atomic E-state index is 11.4. The second-order valence-corrected chi connectivity index (χ2v) is 4.44. The summed E-state index contributed by atoms with van der Waals surface area (Å²) >= 11 is 0. The van der Waals surface area contributed by atoms with E-state index in [0.717, 1.165) is 19.4 Å². The van der Waals surface area contributed by atoms with E-state index in [0.29, 0.717) is 25.3 Å². The highest BCUT2D eigenvalue weighted by Gasteiger charge is 2.19. The van der Waals surface area contributed by atoms with Crippen molar-refractivity contribution in [3.05, 3.63) is 34.4 Å². The first-order valence-corrected chi connectivity index (χ1v) is 6.32. The number of carbonyl (C=O) groups excluding carboxylic acids is 1. The van der Waals surface area contributed by atoms with Gasteiger partial charge >= 0.3 is 0 Å². The standard InChI is InChI=1S/C13H16N2O4/c16-13-6-2-7-14(13)8-3-9-19-12-5-1-4-11(10-12)15(17)18/h1,4-5,10H,2-3,6-9H2. The number of hydrogen-bond acceptors (Lipinski definition) is 4. The Hall–Kier alpha value is -2.11. The molecule has 1 heterocycles. The van der Waals surface area contributed by atoms with Crippen LogP contribution < -0.4 is 4.74 Å². The molecule has 1 aliphatic heterocycles. The fourth-order valence-electron chi connectivity index (χ4n) is 2.07. The zero-order chi connectivity index (χ0) is 13.7. The Labute approximate surface area is 111 Å². The molecule has 1 aliphatic rings. The molecule has 2 rings (SSSR count). The minimum absolute atomic E-state index is 0.0206. The number of hydrogen-bond donors (Lipinski definition) is 0. The number of likely N-dealkylation sites (tertiary alicyclic amines) is 1. The first-order chi connectivity index (χ1) is 9.16. The molecule has 102 valence electrons. The maximum Gasteiger partial charge on any atom is 0.273 e. The molecule has 0 bridgehead atoms. The number of amides is 1. The van der Waals surface area contributed by atoms with Crippen LogP contribution in [0.25, 0.3) is 0 Å². The lowest BCUT2D eigenvalue weighted by Crippen LogP contribution is -2.26. The number of carbonyl (C=O) groups is 1. The molecule has 0 spiro atoms. The van der Waals surface area contributed by atoms with Gasteiger partial charge in [0.2, 0.25) is 5.91 Å². The van der Waals surface area contributed by atoms with Gasteiger partial charge < -0.3 is 9.64 Å². The van der Waals surface area contributed by atoms with Gasteiger partial charge in [-0.2, -0.15) is 0 Å². The van der Waals surface area contributed by atoms with Crippen LogP contribution in [0.4, 0.5) is 5.69 Å². The van der Waals surface area contributed by atoms with Crippen molar-refractivity contribution in [3.8, 4) is 5.75 Å². The van der Waals surface area contributed by atoms with E-state index < -0.39 is 4.92 Å². The first kappa shape index (κ1) is 13.3. The van der Waals surface area contributed by atoms with Gasteiger partial charge in [0.15, 0.2) is 0 Å². The molecule has 0 N–H and O–H groups in total. The molecule has 0 aliphatic carbocycles. The Bertz CT molecular complexity index is 475. The number of ether oxygens (including phenoxy) is 1. The fourth-order valence-corrected chi connectivity index (χ4v) is 2.07. The van der Waals surface area contributed by atoms with Crippen LogP contribution >= 0.6 is 0 Å². The van der Waals surface area contributed by atoms with E-state index >= 15 is 0 Å². The maximum atomic E-state index is 11.4. The zero-order valence-corrected chi connectivity index (χ0v) is 10.6. The highest BCUT2D eigenvalue weighted by Crippen LogP contribution is 2.19. The molecule has 0 unspecified atom stereocenters. The van der Waals surface area contributed by atoms with Crippen molar-refractivity contribution in [1.82, 2.24) is 4.90 Å². The van der Waals surface area contributed by atoms with Crippen LogP contribution in [0, 0.1) is 10.1 Å². The van der Waals surface area contributed by atoms with Crippen molar-refractivity contribution in [2.24, 2.45) is 0 Å². The smallest absolute Gasteiger partial charge is 0.273 e. The highest BCUT2D eigenvalue weighted by atomic mass is 16.6. The molecule has 1 aromatic carbocycles. The average Bonchev–Trinajstić information content (AvgIpc) is 2.81. The van der Waals surface area contributed by atoms with E-state index in [2.05, 4.69) is 0 Å². The van der Waals surface area contributed by atoms with Crippen LogP contribution in [-0.2, 0) is 4.79 Å². The van der Waals surface area contributed by atoms with Crippen LogP contribution in [0.2, 0.25) is 0 Å². The van der Waals surface area contributed by atoms with E-state index in [9.17, 15) is 14.9 Å². The topological polar surface area (TPSA) is 72.7 Å². The predicted octanol–water partition coefficient (Wildman–Crippen LogP) is 1.99. The van der Waals surface area contributed by atoms with Crippen molar-refractivity contribution in [3.63, 3.8) is 0 Å². The van der Waals surface area contributed by atoms with Crippen molar-refractivity contribution in [1.29, 1.82) is 0 Å². The Morgan fingerprint density at radius 2 is 2.26 bits per heavy atom. The largest absolute Gasteiger partial charge is 0.493 e.